The van der Waals surface area contributed by atoms with Crippen LogP contribution in [0.15, 0.2) is 22.1 Å². The van der Waals surface area contributed by atoms with Gasteiger partial charge in [0.2, 0.25) is 5.96 Å². The quantitative estimate of drug-likeness (QED) is 0.462. The fraction of sp³-hybridized carbons (Fsp3) is 0.100. The van der Waals surface area contributed by atoms with Crippen molar-refractivity contribution >= 4 is 35.2 Å². The molecule has 7 N–H and O–H groups in total. The number of ether oxygens (including phenoxy) is 1. The molecular formula is C10H12ClN5O3. The first kappa shape index (κ1) is 14.6. The van der Waals surface area contributed by atoms with E-state index in [0.29, 0.717) is 0 Å². The molecule has 0 bridgehead atoms. The van der Waals surface area contributed by atoms with Gasteiger partial charge in [0.15, 0.2) is 5.96 Å². The summed E-state index contributed by atoms with van der Waals surface area (Å²) in [6.07, 6.45) is 0. The molecular weight excluding hydrogens is 274 g/mol. The molecule has 0 fully saturated rings. The van der Waals surface area contributed by atoms with E-state index in [1.165, 1.54) is 19.2 Å². The molecule has 0 aliphatic carbocycles. The van der Waals surface area contributed by atoms with Crippen LogP contribution in [0.1, 0.15) is 10.4 Å². The average Bonchev–Trinajstić information content (AvgIpc) is 2.29. The van der Waals surface area contributed by atoms with Crippen LogP contribution in [0.2, 0.25) is 5.02 Å². The predicted molar refractivity (Wildman–Crippen MR) is 72.1 cm³/mol. The number of carboxylic acids is 1. The molecule has 0 amide bonds. The summed E-state index contributed by atoms with van der Waals surface area (Å²) in [5.74, 6) is -1.56. The first-order chi connectivity index (χ1) is 8.85. The van der Waals surface area contributed by atoms with Crippen LogP contribution in [0.4, 0.5) is 5.69 Å². The van der Waals surface area contributed by atoms with Gasteiger partial charge in [0.1, 0.15) is 11.3 Å². The Kier molecular flexibility index (Phi) is 4.54. The Bertz CT molecular complexity index is 567. The number of guanidine groups is 2. The maximum atomic E-state index is 11.0. The van der Waals surface area contributed by atoms with Crippen LogP contribution in [0.5, 0.6) is 5.75 Å². The van der Waals surface area contributed by atoms with Crippen molar-refractivity contribution in [3.63, 3.8) is 0 Å². The summed E-state index contributed by atoms with van der Waals surface area (Å²) in [5.41, 5.74) is 15.8. The SMILES string of the molecule is COc1cc(N=C(N)N=C(N)N)c(Cl)cc1C(=O)O. The third-order valence-electron chi connectivity index (χ3n) is 1.98. The Morgan fingerprint density at radius 2 is 2.00 bits per heavy atom. The van der Waals surface area contributed by atoms with Crippen molar-refractivity contribution in [1.29, 1.82) is 0 Å². The lowest BCUT2D eigenvalue weighted by Crippen LogP contribution is -2.26. The number of carboxylic acid groups (broad SMARTS) is 1. The number of hydrogen-bond donors (Lipinski definition) is 4. The summed E-state index contributed by atoms with van der Waals surface area (Å²) >= 11 is 5.89. The van der Waals surface area contributed by atoms with Gasteiger partial charge in [-0.15, -0.1) is 0 Å². The molecule has 0 heterocycles. The maximum Gasteiger partial charge on any atom is 0.339 e. The molecule has 0 saturated heterocycles. The first-order valence-electron chi connectivity index (χ1n) is 4.89. The minimum atomic E-state index is -1.17. The van der Waals surface area contributed by atoms with E-state index in [0.717, 1.165) is 0 Å². The second kappa shape index (κ2) is 5.91. The van der Waals surface area contributed by atoms with E-state index in [2.05, 4.69) is 9.98 Å². The lowest BCUT2D eigenvalue weighted by molar-refractivity contribution is 0.0693. The Hall–Kier alpha value is -2.48. The molecule has 0 aliphatic rings. The van der Waals surface area contributed by atoms with Gasteiger partial charge in [-0.3, -0.25) is 0 Å². The molecule has 102 valence electrons. The fourth-order valence-corrected chi connectivity index (χ4v) is 1.45. The number of benzene rings is 1. The molecule has 0 atom stereocenters. The van der Waals surface area contributed by atoms with Gasteiger partial charge < -0.3 is 27.0 Å². The van der Waals surface area contributed by atoms with Crippen LogP contribution in [-0.2, 0) is 0 Å². The molecule has 19 heavy (non-hydrogen) atoms. The number of aromatic carboxylic acids is 1. The number of carbonyl (C=O) groups is 1. The Morgan fingerprint density at radius 3 is 2.47 bits per heavy atom. The fourth-order valence-electron chi connectivity index (χ4n) is 1.25. The minimum Gasteiger partial charge on any atom is -0.496 e. The molecule has 0 spiro atoms. The summed E-state index contributed by atoms with van der Waals surface area (Å²) in [6.45, 7) is 0. The molecule has 1 aromatic rings. The molecule has 0 aromatic heterocycles. The molecule has 9 heteroatoms. The van der Waals surface area contributed by atoms with Crippen LogP contribution in [0, 0.1) is 0 Å². The van der Waals surface area contributed by atoms with E-state index in [-0.39, 0.29) is 33.9 Å². The maximum absolute atomic E-state index is 11.0. The van der Waals surface area contributed by atoms with Gasteiger partial charge in [-0.1, -0.05) is 11.6 Å². The van der Waals surface area contributed by atoms with E-state index in [1.807, 2.05) is 0 Å². The highest BCUT2D eigenvalue weighted by Gasteiger charge is 2.14. The second-order valence-corrected chi connectivity index (χ2v) is 3.72. The van der Waals surface area contributed by atoms with Crippen LogP contribution < -0.4 is 21.9 Å². The number of nitrogens with two attached hydrogens (primary N) is 3. The molecule has 8 nitrogen and oxygen atoms in total. The number of rotatable bonds is 3. The standard InChI is InChI=1S/C10H12ClN5O3/c1-19-7-3-6(15-10(14)16-9(12)13)5(11)2-4(7)8(17)18/h2-3H,1H3,(H,17,18)(H6,12,13,14,15,16). The number of aliphatic imine (C=N–C) groups is 2. The van der Waals surface area contributed by atoms with Crippen molar-refractivity contribution < 1.29 is 14.6 Å². The predicted octanol–water partition coefficient (Wildman–Crippen LogP) is 0.266. The van der Waals surface area contributed by atoms with E-state index in [1.54, 1.807) is 0 Å². The first-order valence-corrected chi connectivity index (χ1v) is 5.27. The summed E-state index contributed by atoms with van der Waals surface area (Å²) in [5, 5.41) is 9.03. The average molecular weight is 286 g/mol. The summed E-state index contributed by atoms with van der Waals surface area (Å²) in [6, 6.07) is 2.52. The highest BCUT2D eigenvalue weighted by molar-refractivity contribution is 6.33. The van der Waals surface area contributed by atoms with Crippen LogP contribution in [-0.4, -0.2) is 30.1 Å². The minimum absolute atomic E-state index is 0.0759. The Labute approximate surface area is 113 Å². The summed E-state index contributed by atoms with van der Waals surface area (Å²) in [4.78, 5) is 18.3. The monoisotopic (exact) mass is 285 g/mol. The lowest BCUT2D eigenvalue weighted by Gasteiger charge is -2.07. The number of hydrogen-bond acceptors (Lipinski definition) is 3. The number of methoxy groups -OCH3 is 1. The van der Waals surface area contributed by atoms with Crippen molar-refractivity contribution in [3.05, 3.63) is 22.7 Å². The van der Waals surface area contributed by atoms with Crippen LogP contribution >= 0.6 is 11.6 Å². The zero-order valence-electron chi connectivity index (χ0n) is 9.92. The van der Waals surface area contributed by atoms with Crippen LogP contribution in [0.25, 0.3) is 0 Å². The van der Waals surface area contributed by atoms with Gasteiger partial charge in [-0.2, -0.15) is 4.99 Å². The third kappa shape index (κ3) is 3.75. The number of halogens is 1. The summed E-state index contributed by atoms with van der Waals surface area (Å²) in [7, 11) is 1.32. The van der Waals surface area contributed by atoms with Crippen molar-refractivity contribution in [2.45, 2.75) is 0 Å². The zero-order chi connectivity index (χ0) is 14.6. The summed E-state index contributed by atoms with van der Waals surface area (Å²) < 4.78 is 4.93. The molecule has 1 aromatic carbocycles. The molecule has 0 radical (unpaired) electrons. The molecule has 0 aliphatic heterocycles. The topological polar surface area (TPSA) is 149 Å². The van der Waals surface area contributed by atoms with Crippen LogP contribution in [0.3, 0.4) is 0 Å². The normalized spacial score (nSPS) is 10.9. The van der Waals surface area contributed by atoms with E-state index < -0.39 is 5.97 Å². The van der Waals surface area contributed by atoms with E-state index >= 15 is 0 Å². The van der Waals surface area contributed by atoms with E-state index in [9.17, 15) is 4.79 Å². The molecule has 1 rings (SSSR count). The second-order valence-electron chi connectivity index (χ2n) is 3.32. The van der Waals surface area contributed by atoms with Gasteiger partial charge in [-0.05, 0) is 6.07 Å². The van der Waals surface area contributed by atoms with Crippen molar-refractivity contribution in [2.24, 2.45) is 27.2 Å². The Morgan fingerprint density at radius 1 is 1.37 bits per heavy atom. The zero-order valence-corrected chi connectivity index (χ0v) is 10.7. The highest BCUT2D eigenvalue weighted by Crippen LogP contribution is 2.33. The van der Waals surface area contributed by atoms with Gasteiger partial charge in [0, 0.05) is 6.07 Å². The number of nitrogens with zero attached hydrogens (tertiary/aromatic N) is 2. The van der Waals surface area contributed by atoms with Gasteiger partial charge in [0.05, 0.1) is 17.8 Å². The van der Waals surface area contributed by atoms with Crippen molar-refractivity contribution in [2.75, 3.05) is 7.11 Å². The van der Waals surface area contributed by atoms with E-state index in [4.69, 9.17) is 38.6 Å². The smallest absolute Gasteiger partial charge is 0.339 e. The largest absolute Gasteiger partial charge is 0.496 e. The highest BCUT2D eigenvalue weighted by atomic mass is 35.5. The Balaban J connectivity index is 3.31. The lowest BCUT2D eigenvalue weighted by atomic mass is 10.2. The van der Waals surface area contributed by atoms with Crippen molar-refractivity contribution in [1.82, 2.24) is 0 Å². The van der Waals surface area contributed by atoms with Gasteiger partial charge in [0.25, 0.3) is 0 Å². The van der Waals surface area contributed by atoms with Gasteiger partial charge >= 0.3 is 5.97 Å². The molecule has 0 saturated carbocycles. The van der Waals surface area contributed by atoms with Crippen molar-refractivity contribution in [3.8, 4) is 5.75 Å². The third-order valence-corrected chi connectivity index (χ3v) is 2.28. The molecule has 0 unspecified atom stereocenters. The van der Waals surface area contributed by atoms with Gasteiger partial charge in [-0.25, -0.2) is 9.79 Å².